The van der Waals surface area contributed by atoms with Gasteiger partial charge < -0.3 is 14.6 Å². The number of aromatic amines is 1. The van der Waals surface area contributed by atoms with Gasteiger partial charge in [0.1, 0.15) is 17.3 Å². The number of hydrogen-bond acceptors (Lipinski definition) is 4. The summed E-state index contributed by atoms with van der Waals surface area (Å²) < 4.78 is 18.2. The van der Waals surface area contributed by atoms with E-state index in [1.54, 1.807) is 24.0 Å². The molecule has 138 valence electrons. The smallest absolute Gasteiger partial charge is 0.409 e. The zero-order chi connectivity index (χ0) is 18.7. The van der Waals surface area contributed by atoms with Gasteiger partial charge in [0.2, 0.25) is 0 Å². The van der Waals surface area contributed by atoms with Crippen molar-refractivity contribution in [3.8, 4) is 11.3 Å². The van der Waals surface area contributed by atoms with E-state index in [1.165, 1.54) is 19.1 Å². The highest BCUT2D eigenvalue weighted by Crippen LogP contribution is 2.30. The molecular formula is C19H22FN3O3. The van der Waals surface area contributed by atoms with Gasteiger partial charge in [0.05, 0.1) is 12.3 Å². The minimum absolute atomic E-state index is 0.118. The highest BCUT2D eigenvalue weighted by Gasteiger charge is 2.28. The first-order valence-electron chi connectivity index (χ1n) is 8.78. The number of carbonyl (C=O) groups excluding carboxylic acids is 2. The minimum atomic E-state index is -0.333. The second-order valence-electron chi connectivity index (χ2n) is 6.37. The van der Waals surface area contributed by atoms with Gasteiger partial charge in [-0.25, -0.2) is 14.2 Å². The fraction of sp³-hybridized carbons (Fsp3) is 0.421. The number of nitrogens with one attached hydrogen (secondary N) is 1. The van der Waals surface area contributed by atoms with Crippen molar-refractivity contribution in [3.63, 3.8) is 0 Å². The van der Waals surface area contributed by atoms with Gasteiger partial charge >= 0.3 is 6.09 Å². The number of likely N-dealkylation sites (tertiary alicyclic amines) is 1. The van der Waals surface area contributed by atoms with Crippen molar-refractivity contribution < 1.29 is 18.7 Å². The van der Waals surface area contributed by atoms with Gasteiger partial charge in [-0.2, -0.15) is 0 Å². The average molecular weight is 359 g/mol. The number of hydrogen-bond donors (Lipinski definition) is 1. The molecule has 1 fully saturated rings. The van der Waals surface area contributed by atoms with E-state index in [2.05, 4.69) is 9.97 Å². The second-order valence-corrected chi connectivity index (χ2v) is 6.37. The number of amides is 1. The van der Waals surface area contributed by atoms with E-state index < -0.39 is 0 Å². The summed E-state index contributed by atoms with van der Waals surface area (Å²) in [7, 11) is 0. The van der Waals surface area contributed by atoms with Gasteiger partial charge in [0, 0.05) is 31.5 Å². The normalized spacial score (nSPS) is 15.1. The SMILES string of the molecule is CCOC(=O)N1CCC(c2nc(-c3ccc(F)cc3)c(C(C)=O)[nH]2)CC1. The van der Waals surface area contributed by atoms with Crippen molar-refractivity contribution in [2.75, 3.05) is 19.7 Å². The van der Waals surface area contributed by atoms with E-state index in [1.807, 2.05) is 0 Å². The lowest BCUT2D eigenvalue weighted by atomic mass is 9.96. The Balaban J connectivity index is 1.79. The van der Waals surface area contributed by atoms with E-state index in [9.17, 15) is 14.0 Å². The summed E-state index contributed by atoms with van der Waals surface area (Å²) in [5.41, 5.74) is 1.67. The predicted molar refractivity (Wildman–Crippen MR) is 94.6 cm³/mol. The van der Waals surface area contributed by atoms with Gasteiger partial charge in [-0.15, -0.1) is 0 Å². The van der Waals surface area contributed by atoms with Crippen LogP contribution in [0.1, 0.15) is 48.9 Å². The molecule has 1 amide bonds. The number of rotatable bonds is 4. The van der Waals surface area contributed by atoms with Crippen LogP contribution in [0, 0.1) is 5.82 Å². The molecule has 1 aromatic carbocycles. The monoisotopic (exact) mass is 359 g/mol. The van der Waals surface area contributed by atoms with Crippen LogP contribution in [0.25, 0.3) is 11.3 Å². The van der Waals surface area contributed by atoms with Gasteiger partial charge in [-0.3, -0.25) is 4.79 Å². The van der Waals surface area contributed by atoms with Crippen LogP contribution in [-0.4, -0.2) is 46.4 Å². The van der Waals surface area contributed by atoms with Gasteiger partial charge in [0.15, 0.2) is 5.78 Å². The Morgan fingerprint density at radius 3 is 2.50 bits per heavy atom. The molecule has 1 aliphatic rings. The molecule has 0 bridgehead atoms. The Labute approximate surface area is 151 Å². The third kappa shape index (κ3) is 3.76. The van der Waals surface area contributed by atoms with Crippen LogP contribution < -0.4 is 0 Å². The molecule has 1 aromatic heterocycles. The molecule has 3 rings (SSSR count). The first-order valence-corrected chi connectivity index (χ1v) is 8.78. The lowest BCUT2D eigenvalue weighted by Gasteiger charge is -2.30. The Hall–Kier alpha value is -2.70. The maximum atomic E-state index is 13.2. The first-order chi connectivity index (χ1) is 12.5. The summed E-state index contributed by atoms with van der Waals surface area (Å²) in [6.07, 6.45) is 1.20. The second kappa shape index (κ2) is 7.68. The number of ketones is 1. The molecule has 0 atom stereocenters. The largest absolute Gasteiger partial charge is 0.450 e. The topological polar surface area (TPSA) is 75.3 Å². The number of H-pyrrole nitrogens is 1. The maximum Gasteiger partial charge on any atom is 0.409 e. The highest BCUT2D eigenvalue weighted by atomic mass is 19.1. The summed E-state index contributed by atoms with van der Waals surface area (Å²) in [5, 5.41) is 0. The lowest BCUT2D eigenvalue weighted by molar-refractivity contribution is 0.0966. The number of halogens is 1. The van der Waals surface area contributed by atoms with Crippen LogP contribution >= 0.6 is 0 Å². The van der Waals surface area contributed by atoms with Crippen LogP contribution in [-0.2, 0) is 4.74 Å². The third-order valence-electron chi connectivity index (χ3n) is 4.60. The molecule has 1 aliphatic heterocycles. The number of Topliss-reactive ketones (excluding diaryl/α,β-unsaturated/α-hetero) is 1. The predicted octanol–water partition coefficient (Wildman–Crippen LogP) is 3.75. The number of imidazole rings is 1. The molecule has 1 N–H and O–H groups in total. The van der Waals surface area contributed by atoms with Crippen LogP contribution in [0.3, 0.4) is 0 Å². The number of ether oxygens (including phenoxy) is 1. The number of carbonyl (C=O) groups is 2. The molecule has 0 saturated carbocycles. The van der Waals surface area contributed by atoms with Crippen molar-refractivity contribution >= 4 is 11.9 Å². The van der Waals surface area contributed by atoms with Crippen molar-refractivity contribution in [1.82, 2.24) is 14.9 Å². The standard InChI is InChI=1S/C19H22FN3O3/c1-3-26-19(25)23-10-8-14(9-11-23)18-21-16(12(2)24)17(22-18)13-4-6-15(20)7-5-13/h4-7,14H,3,8-11H2,1-2H3,(H,21,22). The summed E-state index contributed by atoms with van der Waals surface area (Å²) >= 11 is 0. The molecule has 0 unspecified atom stereocenters. The summed E-state index contributed by atoms with van der Waals surface area (Å²) in [5.74, 6) is 0.415. The van der Waals surface area contributed by atoms with Crippen molar-refractivity contribution in [1.29, 1.82) is 0 Å². The van der Waals surface area contributed by atoms with Crippen molar-refractivity contribution in [2.45, 2.75) is 32.6 Å². The molecule has 6 nitrogen and oxygen atoms in total. The Morgan fingerprint density at radius 1 is 1.27 bits per heavy atom. The molecule has 1 saturated heterocycles. The minimum Gasteiger partial charge on any atom is -0.450 e. The molecule has 2 heterocycles. The fourth-order valence-corrected chi connectivity index (χ4v) is 3.21. The van der Waals surface area contributed by atoms with Gasteiger partial charge in [0.25, 0.3) is 0 Å². The van der Waals surface area contributed by atoms with Crippen LogP contribution in [0.15, 0.2) is 24.3 Å². The Bertz CT molecular complexity index is 793. The summed E-state index contributed by atoms with van der Waals surface area (Å²) in [4.78, 5) is 33.3. The maximum absolute atomic E-state index is 13.2. The number of aromatic nitrogens is 2. The number of benzene rings is 1. The zero-order valence-corrected chi connectivity index (χ0v) is 14.9. The number of piperidine rings is 1. The molecular weight excluding hydrogens is 337 g/mol. The van der Waals surface area contributed by atoms with Crippen molar-refractivity contribution in [3.05, 3.63) is 41.6 Å². The molecule has 0 spiro atoms. The van der Waals surface area contributed by atoms with E-state index in [4.69, 9.17) is 4.74 Å². The molecule has 26 heavy (non-hydrogen) atoms. The molecule has 0 radical (unpaired) electrons. The molecule has 7 heteroatoms. The average Bonchev–Trinajstić information content (AvgIpc) is 3.08. The van der Waals surface area contributed by atoms with Gasteiger partial charge in [-0.05, 0) is 44.0 Å². The number of nitrogens with zero attached hydrogens (tertiary/aromatic N) is 2. The van der Waals surface area contributed by atoms with E-state index in [0.717, 1.165) is 18.7 Å². The molecule has 0 aliphatic carbocycles. The van der Waals surface area contributed by atoms with Crippen LogP contribution in [0.5, 0.6) is 0 Å². The zero-order valence-electron chi connectivity index (χ0n) is 14.9. The first kappa shape index (κ1) is 18.1. The van der Waals surface area contributed by atoms with E-state index >= 15 is 0 Å². The van der Waals surface area contributed by atoms with Crippen LogP contribution in [0.4, 0.5) is 9.18 Å². The fourth-order valence-electron chi connectivity index (χ4n) is 3.21. The third-order valence-corrected chi connectivity index (χ3v) is 4.60. The highest BCUT2D eigenvalue weighted by molar-refractivity contribution is 5.98. The van der Waals surface area contributed by atoms with Gasteiger partial charge in [-0.1, -0.05) is 0 Å². The Kier molecular flexibility index (Phi) is 5.35. The summed E-state index contributed by atoms with van der Waals surface area (Å²) in [6.45, 7) is 4.80. The lowest BCUT2D eigenvalue weighted by Crippen LogP contribution is -2.38. The van der Waals surface area contributed by atoms with Crippen LogP contribution in [0.2, 0.25) is 0 Å². The van der Waals surface area contributed by atoms with E-state index in [-0.39, 0.29) is 23.6 Å². The Morgan fingerprint density at radius 2 is 1.92 bits per heavy atom. The summed E-state index contributed by atoms with van der Waals surface area (Å²) in [6, 6.07) is 5.94. The molecule has 2 aromatic rings. The van der Waals surface area contributed by atoms with E-state index in [0.29, 0.717) is 36.6 Å². The van der Waals surface area contributed by atoms with Crippen molar-refractivity contribution in [2.24, 2.45) is 0 Å². The quantitative estimate of drug-likeness (QED) is 0.844.